The molecular weight excluding hydrogens is 192 g/mol. The average molecular weight is 208 g/mol. The molecule has 0 aromatic carbocycles. The van der Waals surface area contributed by atoms with Crippen molar-refractivity contribution >= 4 is 11.7 Å². The maximum atomic E-state index is 10.8. The van der Waals surface area contributed by atoms with Crippen molar-refractivity contribution in [2.24, 2.45) is 16.6 Å². The molecule has 1 unspecified atom stereocenters. The molecule has 5 nitrogen and oxygen atoms in total. The van der Waals surface area contributed by atoms with E-state index in [2.05, 4.69) is 11.9 Å². The number of aliphatic imine (C=N–C) groups is 1. The molecule has 1 amide bonds. The second-order valence-electron chi connectivity index (χ2n) is 3.83. The van der Waals surface area contributed by atoms with Crippen molar-refractivity contribution in [2.45, 2.75) is 26.2 Å². The van der Waals surface area contributed by atoms with E-state index in [-0.39, 0.29) is 12.5 Å². The van der Waals surface area contributed by atoms with E-state index in [1.807, 2.05) is 4.90 Å². The first kappa shape index (κ1) is 11.5. The number of hydrogen-bond donors (Lipinski definition) is 1. The molecular formula is C10H16N4O. The Labute approximate surface area is 89.6 Å². The normalized spacial score (nSPS) is 23.1. The number of likely N-dealkylation sites (tertiary alicyclic amines) is 1. The lowest BCUT2D eigenvalue weighted by molar-refractivity contribution is -0.118. The zero-order chi connectivity index (χ0) is 11.3. The minimum absolute atomic E-state index is 0.167. The molecule has 1 aliphatic rings. The Kier molecular flexibility index (Phi) is 4.10. The molecule has 0 aromatic rings. The predicted molar refractivity (Wildman–Crippen MR) is 56.8 cm³/mol. The van der Waals surface area contributed by atoms with Crippen LogP contribution in [-0.4, -0.2) is 29.7 Å². The van der Waals surface area contributed by atoms with E-state index in [1.54, 1.807) is 6.19 Å². The fraction of sp³-hybridized carbons (Fsp3) is 0.700. The van der Waals surface area contributed by atoms with Crippen molar-refractivity contribution in [2.75, 3.05) is 13.1 Å². The van der Waals surface area contributed by atoms with Crippen molar-refractivity contribution < 1.29 is 4.79 Å². The summed E-state index contributed by atoms with van der Waals surface area (Å²) in [4.78, 5) is 16.4. The van der Waals surface area contributed by atoms with Gasteiger partial charge < -0.3 is 10.6 Å². The van der Waals surface area contributed by atoms with Crippen LogP contribution in [0.5, 0.6) is 0 Å². The van der Waals surface area contributed by atoms with Gasteiger partial charge in [-0.3, -0.25) is 4.79 Å². The monoisotopic (exact) mass is 208 g/mol. The summed E-state index contributed by atoms with van der Waals surface area (Å²) in [5.74, 6) is 0.828. The highest BCUT2D eigenvalue weighted by Crippen LogP contribution is 2.22. The molecule has 0 spiro atoms. The van der Waals surface area contributed by atoms with Gasteiger partial charge in [-0.25, -0.2) is 0 Å². The number of amidine groups is 1. The lowest BCUT2D eigenvalue weighted by Gasteiger charge is -2.15. The summed E-state index contributed by atoms with van der Waals surface area (Å²) in [5.41, 5.74) is 5.13. The van der Waals surface area contributed by atoms with Crippen molar-refractivity contribution in [3.05, 3.63) is 0 Å². The first-order chi connectivity index (χ1) is 7.17. The first-order valence-corrected chi connectivity index (χ1v) is 5.16. The van der Waals surface area contributed by atoms with E-state index in [0.29, 0.717) is 11.8 Å². The number of hydrogen-bond acceptors (Lipinski definition) is 3. The van der Waals surface area contributed by atoms with E-state index < -0.39 is 0 Å². The number of amides is 1. The standard InChI is InChI=1S/C10H16N4O/c1-2-3-8-4-10(13-7-11)14(5-8)6-9(12)15/h8H,2-6H2,1H3,(H2,12,15)/b13-10+. The van der Waals surface area contributed by atoms with Crippen LogP contribution in [-0.2, 0) is 4.79 Å². The third-order valence-corrected chi connectivity index (χ3v) is 2.54. The highest BCUT2D eigenvalue weighted by molar-refractivity contribution is 5.89. The molecule has 82 valence electrons. The van der Waals surface area contributed by atoms with Gasteiger partial charge >= 0.3 is 0 Å². The lowest BCUT2D eigenvalue weighted by atomic mass is 10.0. The Morgan fingerprint density at radius 2 is 2.53 bits per heavy atom. The molecule has 1 atom stereocenters. The minimum atomic E-state index is -0.377. The van der Waals surface area contributed by atoms with Crippen molar-refractivity contribution in [3.63, 3.8) is 0 Å². The van der Waals surface area contributed by atoms with Gasteiger partial charge in [0.1, 0.15) is 5.84 Å². The number of carbonyl (C=O) groups is 1. The molecule has 0 saturated carbocycles. The summed E-state index contributed by atoms with van der Waals surface area (Å²) in [6, 6.07) is 0. The average Bonchev–Trinajstić information content (AvgIpc) is 2.48. The van der Waals surface area contributed by atoms with Gasteiger partial charge in [-0.15, -0.1) is 0 Å². The topological polar surface area (TPSA) is 82.5 Å². The number of nitrogens with zero attached hydrogens (tertiary/aromatic N) is 3. The third-order valence-electron chi connectivity index (χ3n) is 2.54. The quantitative estimate of drug-likeness (QED) is 0.682. The largest absolute Gasteiger partial charge is 0.368 e. The second-order valence-corrected chi connectivity index (χ2v) is 3.83. The fourth-order valence-electron chi connectivity index (χ4n) is 1.99. The van der Waals surface area contributed by atoms with Crippen LogP contribution in [0.15, 0.2) is 4.99 Å². The summed E-state index contributed by atoms with van der Waals surface area (Å²) >= 11 is 0. The number of nitrogens with two attached hydrogens (primary N) is 1. The van der Waals surface area contributed by atoms with Crippen molar-refractivity contribution in [3.8, 4) is 6.19 Å². The fourth-order valence-corrected chi connectivity index (χ4v) is 1.99. The van der Waals surface area contributed by atoms with Crippen LogP contribution in [0.25, 0.3) is 0 Å². The van der Waals surface area contributed by atoms with Crippen LogP contribution in [0.3, 0.4) is 0 Å². The van der Waals surface area contributed by atoms with Crippen LogP contribution in [0.1, 0.15) is 26.2 Å². The molecule has 1 saturated heterocycles. The Balaban J connectivity index is 2.64. The maximum absolute atomic E-state index is 10.8. The SMILES string of the molecule is CCCC1C/C(=N\C#N)N(CC(N)=O)C1. The Hall–Kier alpha value is -1.57. The summed E-state index contributed by atoms with van der Waals surface area (Å²) in [6.07, 6.45) is 4.76. The molecule has 1 fully saturated rings. The Bertz CT molecular complexity index is 305. The minimum Gasteiger partial charge on any atom is -0.368 e. The molecule has 2 N–H and O–H groups in total. The number of nitriles is 1. The zero-order valence-electron chi connectivity index (χ0n) is 8.94. The van der Waals surface area contributed by atoms with Gasteiger partial charge in [-0.05, 0) is 12.3 Å². The number of rotatable bonds is 4. The van der Waals surface area contributed by atoms with Gasteiger partial charge in [0.15, 0.2) is 0 Å². The van der Waals surface area contributed by atoms with E-state index >= 15 is 0 Å². The van der Waals surface area contributed by atoms with Crippen molar-refractivity contribution in [1.82, 2.24) is 4.90 Å². The molecule has 0 aromatic heterocycles. The van der Waals surface area contributed by atoms with Crippen LogP contribution in [0, 0.1) is 17.4 Å². The van der Waals surface area contributed by atoms with Crippen molar-refractivity contribution in [1.29, 1.82) is 5.26 Å². The Morgan fingerprint density at radius 1 is 1.80 bits per heavy atom. The highest BCUT2D eigenvalue weighted by Gasteiger charge is 2.28. The molecule has 1 aliphatic heterocycles. The predicted octanol–water partition coefficient (Wildman–Crippen LogP) is 0.473. The molecule has 0 radical (unpaired) electrons. The Morgan fingerprint density at radius 3 is 3.07 bits per heavy atom. The first-order valence-electron chi connectivity index (χ1n) is 5.16. The molecule has 1 heterocycles. The van der Waals surface area contributed by atoms with Gasteiger partial charge in [0, 0.05) is 13.0 Å². The lowest BCUT2D eigenvalue weighted by Crippen LogP contribution is -2.34. The third kappa shape index (κ3) is 3.24. The number of primary amides is 1. The van der Waals surface area contributed by atoms with Crippen LogP contribution in [0.4, 0.5) is 0 Å². The van der Waals surface area contributed by atoms with Gasteiger partial charge in [0.25, 0.3) is 0 Å². The summed E-state index contributed by atoms with van der Waals surface area (Å²) in [6.45, 7) is 3.08. The van der Waals surface area contributed by atoms with Gasteiger partial charge in [0.05, 0.1) is 6.54 Å². The highest BCUT2D eigenvalue weighted by atomic mass is 16.1. The molecule has 5 heteroatoms. The second kappa shape index (κ2) is 5.35. The molecule has 15 heavy (non-hydrogen) atoms. The summed E-state index contributed by atoms with van der Waals surface area (Å²) < 4.78 is 0. The van der Waals surface area contributed by atoms with Crippen LogP contribution >= 0.6 is 0 Å². The smallest absolute Gasteiger partial charge is 0.236 e. The van der Waals surface area contributed by atoms with Gasteiger partial charge in [-0.1, -0.05) is 13.3 Å². The summed E-state index contributed by atoms with van der Waals surface area (Å²) in [7, 11) is 0. The van der Waals surface area contributed by atoms with E-state index in [1.165, 1.54) is 0 Å². The molecule has 1 rings (SSSR count). The molecule has 0 bridgehead atoms. The summed E-state index contributed by atoms with van der Waals surface area (Å²) in [5, 5.41) is 8.51. The van der Waals surface area contributed by atoms with Gasteiger partial charge in [-0.2, -0.15) is 10.3 Å². The maximum Gasteiger partial charge on any atom is 0.236 e. The van der Waals surface area contributed by atoms with Crippen LogP contribution < -0.4 is 5.73 Å². The van der Waals surface area contributed by atoms with E-state index in [0.717, 1.165) is 25.8 Å². The van der Waals surface area contributed by atoms with E-state index in [9.17, 15) is 4.79 Å². The zero-order valence-corrected chi connectivity index (χ0v) is 8.94. The van der Waals surface area contributed by atoms with Gasteiger partial charge in [0.2, 0.25) is 12.1 Å². The number of carbonyl (C=O) groups excluding carboxylic acids is 1. The van der Waals surface area contributed by atoms with Crippen LogP contribution in [0.2, 0.25) is 0 Å². The van der Waals surface area contributed by atoms with E-state index in [4.69, 9.17) is 11.0 Å². The molecule has 0 aliphatic carbocycles.